The zero-order valence-corrected chi connectivity index (χ0v) is 17.6. The van der Waals surface area contributed by atoms with Crippen LogP contribution in [0.25, 0.3) is 0 Å². The average molecular weight is 402 g/mol. The molecule has 0 aliphatic carbocycles. The summed E-state index contributed by atoms with van der Waals surface area (Å²) in [4.78, 5) is 13.1. The van der Waals surface area contributed by atoms with E-state index in [9.17, 15) is 9.90 Å². The normalized spacial score (nSPS) is 12.9. The molecule has 0 radical (unpaired) electrons. The van der Waals surface area contributed by atoms with Gasteiger partial charge < -0.3 is 10.4 Å². The van der Waals surface area contributed by atoms with Crippen LogP contribution in [0.15, 0.2) is 84.9 Å². The Morgan fingerprint density at radius 2 is 1.53 bits per heavy atom. The standard InChI is InChI=1S/C27H31NO2/c1-21-10-8-9-15-25(21)18-23(20-29)19-28-27(30)26(24-13-6-3-7-14-24)17-16-22-11-4-2-5-12-22/h2-15,23,26,29H,16-20H2,1H3,(H,28,30). The third kappa shape index (κ3) is 6.30. The van der Waals surface area contributed by atoms with Crippen LogP contribution < -0.4 is 5.32 Å². The molecule has 0 aliphatic rings. The van der Waals surface area contributed by atoms with Crippen molar-refractivity contribution >= 4 is 5.91 Å². The maximum Gasteiger partial charge on any atom is 0.227 e. The van der Waals surface area contributed by atoms with Crippen molar-refractivity contribution in [3.63, 3.8) is 0 Å². The molecule has 30 heavy (non-hydrogen) atoms. The molecule has 0 fully saturated rings. The van der Waals surface area contributed by atoms with Gasteiger partial charge in [-0.3, -0.25) is 4.79 Å². The number of amides is 1. The largest absolute Gasteiger partial charge is 0.396 e. The summed E-state index contributed by atoms with van der Waals surface area (Å²) in [6, 6.07) is 28.5. The van der Waals surface area contributed by atoms with Crippen molar-refractivity contribution in [2.24, 2.45) is 5.92 Å². The molecule has 2 N–H and O–H groups in total. The van der Waals surface area contributed by atoms with Gasteiger partial charge in [0.2, 0.25) is 5.91 Å². The lowest BCUT2D eigenvalue weighted by molar-refractivity contribution is -0.123. The first-order valence-electron chi connectivity index (χ1n) is 10.7. The highest BCUT2D eigenvalue weighted by Crippen LogP contribution is 2.22. The van der Waals surface area contributed by atoms with Gasteiger partial charge in [-0.2, -0.15) is 0 Å². The molecule has 0 saturated heterocycles. The number of aliphatic hydroxyl groups is 1. The molecule has 2 atom stereocenters. The molecular formula is C27H31NO2. The highest BCUT2D eigenvalue weighted by Gasteiger charge is 2.21. The van der Waals surface area contributed by atoms with E-state index in [1.54, 1.807) is 0 Å². The smallest absolute Gasteiger partial charge is 0.227 e. The van der Waals surface area contributed by atoms with Crippen LogP contribution in [0.2, 0.25) is 0 Å². The summed E-state index contributed by atoms with van der Waals surface area (Å²) in [6.07, 6.45) is 2.35. The Bertz CT molecular complexity index is 908. The van der Waals surface area contributed by atoms with Gasteiger partial charge >= 0.3 is 0 Å². The van der Waals surface area contributed by atoms with Crippen LogP contribution in [-0.2, 0) is 17.6 Å². The quantitative estimate of drug-likeness (QED) is 0.518. The highest BCUT2D eigenvalue weighted by molar-refractivity contribution is 5.83. The minimum atomic E-state index is -0.204. The Labute approximate surface area is 179 Å². The van der Waals surface area contributed by atoms with Crippen molar-refractivity contribution in [1.29, 1.82) is 0 Å². The third-order valence-electron chi connectivity index (χ3n) is 5.68. The first-order chi connectivity index (χ1) is 14.7. The minimum Gasteiger partial charge on any atom is -0.396 e. The van der Waals surface area contributed by atoms with E-state index in [-0.39, 0.29) is 24.3 Å². The number of aryl methyl sites for hydroxylation is 2. The van der Waals surface area contributed by atoms with Crippen LogP contribution >= 0.6 is 0 Å². The maximum atomic E-state index is 13.1. The van der Waals surface area contributed by atoms with Gasteiger partial charge in [0, 0.05) is 19.1 Å². The molecule has 156 valence electrons. The Kier molecular flexibility index (Phi) is 8.22. The molecule has 0 heterocycles. The number of carbonyl (C=O) groups is 1. The minimum absolute atomic E-state index is 0.000552. The lowest BCUT2D eigenvalue weighted by Gasteiger charge is -2.21. The fraction of sp³-hybridized carbons (Fsp3) is 0.296. The molecule has 3 nitrogen and oxygen atoms in total. The van der Waals surface area contributed by atoms with Gasteiger partial charge in [0.15, 0.2) is 0 Å². The van der Waals surface area contributed by atoms with Crippen molar-refractivity contribution < 1.29 is 9.90 Å². The maximum absolute atomic E-state index is 13.1. The summed E-state index contributed by atoms with van der Waals surface area (Å²) in [7, 11) is 0. The number of carbonyl (C=O) groups excluding carboxylic acids is 1. The molecule has 3 heteroatoms. The highest BCUT2D eigenvalue weighted by atomic mass is 16.3. The Balaban J connectivity index is 1.64. The summed E-state index contributed by atoms with van der Waals surface area (Å²) in [5.41, 5.74) is 4.70. The number of benzene rings is 3. The predicted octanol–water partition coefficient (Wildman–Crippen LogP) is 4.68. The summed E-state index contributed by atoms with van der Waals surface area (Å²) < 4.78 is 0. The molecule has 0 aliphatic heterocycles. The summed E-state index contributed by atoms with van der Waals surface area (Å²) >= 11 is 0. The van der Waals surface area contributed by atoms with Gasteiger partial charge in [-0.15, -0.1) is 0 Å². The van der Waals surface area contributed by atoms with Gasteiger partial charge in [0.05, 0.1) is 5.92 Å². The van der Waals surface area contributed by atoms with E-state index >= 15 is 0 Å². The Hall–Kier alpha value is -2.91. The summed E-state index contributed by atoms with van der Waals surface area (Å²) in [5.74, 6) is -0.176. The van der Waals surface area contributed by atoms with Gasteiger partial charge in [0.1, 0.15) is 0 Å². The van der Waals surface area contributed by atoms with E-state index < -0.39 is 0 Å². The molecule has 0 aromatic heterocycles. The Morgan fingerprint density at radius 3 is 2.20 bits per heavy atom. The van der Waals surface area contributed by atoms with E-state index in [0.717, 1.165) is 24.8 Å². The van der Waals surface area contributed by atoms with Gasteiger partial charge in [-0.1, -0.05) is 84.9 Å². The molecule has 0 spiro atoms. The molecule has 0 bridgehead atoms. The van der Waals surface area contributed by atoms with Crippen LogP contribution in [-0.4, -0.2) is 24.2 Å². The Morgan fingerprint density at radius 1 is 0.900 bits per heavy atom. The van der Waals surface area contributed by atoms with Gasteiger partial charge in [0.25, 0.3) is 0 Å². The fourth-order valence-electron chi connectivity index (χ4n) is 3.81. The summed E-state index contributed by atoms with van der Waals surface area (Å²) in [6.45, 7) is 2.60. The second kappa shape index (κ2) is 11.3. The molecule has 0 saturated carbocycles. The number of hydrogen-bond acceptors (Lipinski definition) is 2. The average Bonchev–Trinajstić information content (AvgIpc) is 2.79. The van der Waals surface area contributed by atoms with Crippen molar-refractivity contribution in [3.05, 3.63) is 107 Å². The zero-order valence-electron chi connectivity index (χ0n) is 17.6. The second-order valence-corrected chi connectivity index (χ2v) is 7.91. The number of hydrogen-bond donors (Lipinski definition) is 2. The lowest BCUT2D eigenvalue weighted by Crippen LogP contribution is -2.35. The number of aliphatic hydroxyl groups excluding tert-OH is 1. The fourth-order valence-corrected chi connectivity index (χ4v) is 3.81. The SMILES string of the molecule is Cc1ccccc1CC(CO)CNC(=O)C(CCc1ccccc1)c1ccccc1. The van der Waals surface area contributed by atoms with Crippen molar-refractivity contribution in [2.45, 2.75) is 32.1 Å². The van der Waals surface area contributed by atoms with Crippen molar-refractivity contribution in [1.82, 2.24) is 5.32 Å². The van der Waals surface area contributed by atoms with Gasteiger partial charge in [-0.25, -0.2) is 0 Å². The van der Waals surface area contributed by atoms with E-state index in [2.05, 4.69) is 36.5 Å². The van der Waals surface area contributed by atoms with E-state index in [4.69, 9.17) is 0 Å². The van der Waals surface area contributed by atoms with E-state index in [0.29, 0.717) is 6.54 Å². The lowest BCUT2D eigenvalue weighted by atomic mass is 9.91. The predicted molar refractivity (Wildman–Crippen MR) is 122 cm³/mol. The van der Waals surface area contributed by atoms with Crippen LogP contribution in [0.4, 0.5) is 0 Å². The topological polar surface area (TPSA) is 49.3 Å². The van der Waals surface area contributed by atoms with Crippen molar-refractivity contribution in [3.8, 4) is 0 Å². The molecule has 3 aromatic carbocycles. The number of nitrogens with one attached hydrogen (secondary N) is 1. The van der Waals surface area contributed by atoms with Crippen LogP contribution in [0.1, 0.15) is 34.6 Å². The van der Waals surface area contributed by atoms with Gasteiger partial charge in [-0.05, 0) is 48.4 Å². The molecule has 3 rings (SSSR count). The van der Waals surface area contributed by atoms with E-state index in [1.807, 2.05) is 60.7 Å². The van der Waals surface area contributed by atoms with Crippen LogP contribution in [0.5, 0.6) is 0 Å². The molecule has 2 unspecified atom stereocenters. The van der Waals surface area contributed by atoms with Crippen molar-refractivity contribution in [2.75, 3.05) is 13.2 Å². The zero-order chi connectivity index (χ0) is 21.2. The van der Waals surface area contributed by atoms with E-state index in [1.165, 1.54) is 16.7 Å². The summed E-state index contributed by atoms with van der Waals surface area (Å²) in [5, 5.41) is 13.0. The second-order valence-electron chi connectivity index (χ2n) is 7.91. The monoisotopic (exact) mass is 401 g/mol. The molecule has 1 amide bonds. The third-order valence-corrected chi connectivity index (χ3v) is 5.68. The first-order valence-corrected chi connectivity index (χ1v) is 10.7. The van der Waals surface area contributed by atoms with Crippen LogP contribution in [0.3, 0.4) is 0 Å². The molecular weight excluding hydrogens is 370 g/mol. The van der Waals surface area contributed by atoms with Crippen LogP contribution in [0, 0.1) is 12.8 Å². The molecule has 3 aromatic rings. The number of rotatable bonds is 10. The first kappa shape index (κ1) is 21.8.